The van der Waals surface area contributed by atoms with Crippen molar-refractivity contribution in [3.05, 3.63) is 0 Å². The molecule has 0 N–H and O–H groups in total. The Labute approximate surface area is 67.3 Å². The highest BCUT2D eigenvalue weighted by atomic mass is 16.5. The van der Waals surface area contributed by atoms with Crippen molar-refractivity contribution in [1.82, 2.24) is 4.90 Å². The molecule has 0 radical (unpaired) electrons. The number of carbonyl (C=O) groups is 1. The quantitative estimate of drug-likeness (QED) is 0.559. The lowest BCUT2D eigenvalue weighted by Crippen LogP contribution is -2.44. The Kier molecular flexibility index (Phi) is 2.49. The van der Waals surface area contributed by atoms with E-state index in [1.54, 1.807) is 12.0 Å². The van der Waals surface area contributed by atoms with E-state index >= 15 is 0 Å². The number of ether oxygens (including phenoxy) is 1. The first kappa shape index (κ1) is 8.53. The van der Waals surface area contributed by atoms with E-state index in [9.17, 15) is 4.79 Å². The maximum absolute atomic E-state index is 11.2. The molecule has 2 atom stereocenters. The molecule has 0 aromatic heterocycles. The van der Waals surface area contributed by atoms with Gasteiger partial charge in [-0.1, -0.05) is 0 Å². The van der Waals surface area contributed by atoms with Crippen molar-refractivity contribution in [2.24, 2.45) is 0 Å². The summed E-state index contributed by atoms with van der Waals surface area (Å²) in [5.41, 5.74) is 0. The van der Waals surface area contributed by atoms with Gasteiger partial charge in [0.15, 0.2) is 0 Å². The molecule has 0 aromatic carbocycles. The third-order valence-electron chi connectivity index (χ3n) is 2.39. The van der Waals surface area contributed by atoms with E-state index in [-0.39, 0.29) is 12.0 Å². The molecule has 3 heteroatoms. The second kappa shape index (κ2) is 3.22. The Morgan fingerprint density at radius 3 is 2.73 bits per heavy atom. The summed E-state index contributed by atoms with van der Waals surface area (Å²) < 4.78 is 5.13. The van der Waals surface area contributed by atoms with Crippen LogP contribution in [0.1, 0.15) is 19.8 Å². The maximum atomic E-state index is 11.2. The van der Waals surface area contributed by atoms with E-state index < -0.39 is 0 Å². The zero-order valence-electron chi connectivity index (χ0n) is 7.33. The molecule has 1 fully saturated rings. The number of hydrogen-bond acceptors (Lipinski definition) is 2. The zero-order valence-corrected chi connectivity index (χ0v) is 7.33. The van der Waals surface area contributed by atoms with E-state index in [0.717, 1.165) is 6.42 Å². The third kappa shape index (κ3) is 1.71. The minimum atomic E-state index is 0.133. The first-order valence-corrected chi connectivity index (χ1v) is 3.93. The van der Waals surface area contributed by atoms with Gasteiger partial charge in [0.25, 0.3) is 0 Å². The van der Waals surface area contributed by atoms with Gasteiger partial charge in [-0.05, 0) is 13.3 Å². The summed E-state index contributed by atoms with van der Waals surface area (Å²) in [6.45, 7) is 2.04. The van der Waals surface area contributed by atoms with Crippen molar-refractivity contribution in [3.8, 4) is 0 Å². The van der Waals surface area contributed by atoms with Crippen LogP contribution in [0.2, 0.25) is 0 Å². The van der Waals surface area contributed by atoms with Crippen LogP contribution in [0.25, 0.3) is 0 Å². The molecule has 3 nitrogen and oxygen atoms in total. The van der Waals surface area contributed by atoms with E-state index in [4.69, 9.17) is 4.74 Å². The van der Waals surface area contributed by atoms with Gasteiger partial charge < -0.3 is 9.64 Å². The van der Waals surface area contributed by atoms with Crippen molar-refractivity contribution in [1.29, 1.82) is 0 Å². The topological polar surface area (TPSA) is 29.5 Å². The average molecular weight is 157 g/mol. The number of amides is 1. The molecule has 0 saturated carbocycles. The number of rotatable bonds is 1. The number of methoxy groups -OCH3 is 1. The number of piperidine rings is 1. The van der Waals surface area contributed by atoms with Gasteiger partial charge in [-0.15, -0.1) is 0 Å². The summed E-state index contributed by atoms with van der Waals surface area (Å²) in [4.78, 5) is 13.0. The summed E-state index contributed by atoms with van der Waals surface area (Å²) in [6, 6.07) is 0.321. The van der Waals surface area contributed by atoms with Gasteiger partial charge in [0.1, 0.15) is 0 Å². The minimum Gasteiger partial charge on any atom is -0.381 e. The fourth-order valence-electron chi connectivity index (χ4n) is 1.39. The van der Waals surface area contributed by atoms with Crippen molar-refractivity contribution < 1.29 is 9.53 Å². The molecule has 1 saturated heterocycles. The molecule has 1 aliphatic rings. The van der Waals surface area contributed by atoms with Crippen molar-refractivity contribution in [3.63, 3.8) is 0 Å². The largest absolute Gasteiger partial charge is 0.381 e. The Balaban J connectivity index is 2.54. The Morgan fingerprint density at radius 2 is 2.27 bits per heavy atom. The lowest BCUT2D eigenvalue weighted by molar-refractivity contribution is -0.139. The molecular formula is C8H15NO2. The molecule has 0 aliphatic carbocycles. The third-order valence-corrected chi connectivity index (χ3v) is 2.39. The highest BCUT2D eigenvalue weighted by molar-refractivity contribution is 5.77. The van der Waals surface area contributed by atoms with Gasteiger partial charge in [-0.2, -0.15) is 0 Å². The fourth-order valence-corrected chi connectivity index (χ4v) is 1.39. The van der Waals surface area contributed by atoms with Crippen LogP contribution in [-0.2, 0) is 9.53 Å². The van der Waals surface area contributed by atoms with E-state index in [1.165, 1.54) is 0 Å². The van der Waals surface area contributed by atoms with Crippen LogP contribution in [0.5, 0.6) is 0 Å². The highest BCUT2D eigenvalue weighted by Gasteiger charge is 2.28. The van der Waals surface area contributed by atoms with Crippen LogP contribution in [0.4, 0.5) is 0 Å². The maximum Gasteiger partial charge on any atom is 0.225 e. The summed E-state index contributed by atoms with van der Waals surface area (Å²) in [7, 11) is 3.51. The number of hydrogen-bond donors (Lipinski definition) is 0. The number of nitrogens with zero attached hydrogens (tertiary/aromatic N) is 1. The normalized spacial score (nSPS) is 32.6. The lowest BCUT2D eigenvalue weighted by Gasteiger charge is -2.33. The molecule has 11 heavy (non-hydrogen) atoms. The van der Waals surface area contributed by atoms with Crippen molar-refractivity contribution in [2.45, 2.75) is 31.9 Å². The number of carbonyl (C=O) groups excluding carboxylic acids is 1. The molecule has 64 valence electrons. The molecule has 1 rings (SSSR count). The Bertz CT molecular complexity index is 158. The van der Waals surface area contributed by atoms with E-state index in [0.29, 0.717) is 12.5 Å². The molecule has 1 heterocycles. The van der Waals surface area contributed by atoms with E-state index in [2.05, 4.69) is 0 Å². The SMILES string of the molecule is COC1CC(=O)N(C)C(C)C1. The lowest BCUT2D eigenvalue weighted by atomic mass is 10.0. The number of likely N-dealkylation sites (tertiary alicyclic amines) is 1. The average Bonchev–Trinajstić information content (AvgIpc) is 1.99. The summed E-state index contributed by atoms with van der Waals surface area (Å²) >= 11 is 0. The van der Waals surface area contributed by atoms with Crippen molar-refractivity contribution >= 4 is 5.91 Å². The van der Waals surface area contributed by atoms with E-state index in [1.807, 2.05) is 14.0 Å². The van der Waals surface area contributed by atoms with Gasteiger partial charge in [0.2, 0.25) is 5.91 Å². The van der Waals surface area contributed by atoms with Crippen LogP contribution < -0.4 is 0 Å². The summed E-state index contributed by atoms with van der Waals surface area (Å²) in [6.07, 6.45) is 1.63. The molecule has 1 amide bonds. The minimum absolute atomic E-state index is 0.133. The first-order chi connectivity index (χ1) is 5.15. The smallest absolute Gasteiger partial charge is 0.225 e. The monoisotopic (exact) mass is 157 g/mol. The van der Waals surface area contributed by atoms with Crippen LogP contribution in [0.3, 0.4) is 0 Å². The molecule has 2 unspecified atom stereocenters. The first-order valence-electron chi connectivity index (χ1n) is 3.93. The molecule has 0 bridgehead atoms. The molecule has 0 aromatic rings. The standard InChI is InChI=1S/C8H15NO2/c1-6-4-7(11-3)5-8(10)9(6)2/h6-7H,4-5H2,1-3H3. The predicted octanol–water partition coefficient (Wildman–Crippen LogP) is 0.642. The highest BCUT2D eigenvalue weighted by Crippen LogP contribution is 2.18. The second-order valence-corrected chi connectivity index (χ2v) is 3.15. The molecule has 1 aliphatic heterocycles. The van der Waals surface area contributed by atoms with Crippen LogP contribution in [-0.4, -0.2) is 37.1 Å². The van der Waals surface area contributed by atoms with Crippen molar-refractivity contribution in [2.75, 3.05) is 14.2 Å². The fraction of sp³-hybridized carbons (Fsp3) is 0.875. The van der Waals surface area contributed by atoms with Gasteiger partial charge in [-0.25, -0.2) is 0 Å². The van der Waals surface area contributed by atoms with Gasteiger partial charge in [0, 0.05) is 20.2 Å². The van der Waals surface area contributed by atoms with Gasteiger partial charge >= 0.3 is 0 Å². The van der Waals surface area contributed by atoms with Crippen LogP contribution >= 0.6 is 0 Å². The zero-order chi connectivity index (χ0) is 8.43. The predicted molar refractivity (Wildman–Crippen MR) is 42.3 cm³/mol. The van der Waals surface area contributed by atoms with Crippen LogP contribution in [0.15, 0.2) is 0 Å². The molecule has 0 spiro atoms. The summed E-state index contributed by atoms with van der Waals surface area (Å²) in [5, 5.41) is 0. The Hall–Kier alpha value is -0.570. The summed E-state index contributed by atoms with van der Waals surface area (Å²) in [5.74, 6) is 0.190. The van der Waals surface area contributed by atoms with Gasteiger partial charge in [-0.3, -0.25) is 4.79 Å². The Morgan fingerprint density at radius 1 is 1.64 bits per heavy atom. The van der Waals surface area contributed by atoms with Crippen LogP contribution in [0, 0.1) is 0 Å². The molecular weight excluding hydrogens is 142 g/mol. The second-order valence-electron chi connectivity index (χ2n) is 3.15. The van der Waals surface area contributed by atoms with Gasteiger partial charge in [0.05, 0.1) is 12.5 Å².